The first-order valence-corrected chi connectivity index (χ1v) is 9.82. The summed E-state index contributed by atoms with van der Waals surface area (Å²) in [6, 6.07) is 7.14. The van der Waals surface area contributed by atoms with Gasteiger partial charge in [0.1, 0.15) is 0 Å². The van der Waals surface area contributed by atoms with Crippen LogP contribution in [0.25, 0.3) is 10.9 Å². The predicted molar refractivity (Wildman–Crippen MR) is 103 cm³/mol. The monoisotopic (exact) mass is 366 g/mol. The molecule has 2 aliphatic heterocycles. The summed E-state index contributed by atoms with van der Waals surface area (Å²) in [6.07, 6.45) is 4.38. The number of rotatable bonds is 2. The van der Waals surface area contributed by atoms with Crippen LogP contribution in [0.4, 0.5) is 0 Å². The Kier molecular flexibility index (Phi) is 3.88. The third-order valence-corrected chi connectivity index (χ3v) is 6.79. The van der Waals surface area contributed by atoms with E-state index < -0.39 is 0 Å². The van der Waals surface area contributed by atoms with Gasteiger partial charge >= 0.3 is 0 Å². The first-order chi connectivity index (χ1) is 13.0. The van der Waals surface area contributed by atoms with Crippen LogP contribution in [0.15, 0.2) is 24.4 Å². The molecule has 2 amide bonds. The summed E-state index contributed by atoms with van der Waals surface area (Å²) >= 11 is 0. The highest BCUT2D eigenvalue weighted by Gasteiger charge is 2.40. The zero-order valence-corrected chi connectivity index (χ0v) is 15.9. The number of benzene rings is 1. The van der Waals surface area contributed by atoms with E-state index in [0.717, 1.165) is 25.9 Å². The largest absolute Gasteiger partial charge is 0.361 e. The van der Waals surface area contributed by atoms with Crippen molar-refractivity contribution in [1.82, 2.24) is 19.7 Å². The second-order valence-corrected chi connectivity index (χ2v) is 8.52. The highest BCUT2D eigenvalue weighted by Crippen LogP contribution is 2.44. The van der Waals surface area contributed by atoms with Gasteiger partial charge in [-0.2, -0.15) is 0 Å². The molecule has 1 N–H and O–H groups in total. The molecule has 0 radical (unpaired) electrons. The van der Waals surface area contributed by atoms with Gasteiger partial charge in [0.05, 0.1) is 13.1 Å². The second kappa shape index (κ2) is 6.17. The number of carbonyl (C=O) groups excluding carboxylic acids is 2. The lowest BCUT2D eigenvalue weighted by Gasteiger charge is -2.46. The topological polar surface area (TPSA) is 59.7 Å². The predicted octanol–water partition coefficient (Wildman–Crippen LogP) is 1.43. The number of amides is 2. The Hall–Kier alpha value is -2.18. The molecule has 3 heterocycles. The molecule has 6 heteroatoms. The van der Waals surface area contributed by atoms with Gasteiger partial charge in [0.2, 0.25) is 11.8 Å². The Morgan fingerprint density at radius 2 is 1.93 bits per heavy atom. The number of fused-ring (bicyclic) bond motifs is 2. The average molecular weight is 366 g/mol. The van der Waals surface area contributed by atoms with E-state index in [0.29, 0.717) is 31.0 Å². The third kappa shape index (κ3) is 2.70. The number of piperidine rings is 1. The minimum Gasteiger partial charge on any atom is -0.361 e. The molecule has 5 rings (SSSR count). The molecule has 1 aromatic heterocycles. The van der Waals surface area contributed by atoms with Crippen LogP contribution in [-0.4, -0.2) is 77.8 Å². The highest BCUT2D eigenvalue weighted by molar-refractivity contribution is 5.99. The fourth-order valence-corrected chi connectivity index (χ4v) is 5.47. The lowest BCUT2D eigenvalue weighted by Crippen LogP contribution is -2.55. The molecule has 2 saturated heterocycles. The van der Waals surface area contributed by atoms with Crippen LogP contribution in [0, 0.1) is 5.92 Å². The molecule has 2 aromatic rings. The van der Waals surface area contributed by atoms with Crippen molar-refractivity contribution in [3.05, 3.63) is 35.5 Å². The number of hydrogen-bond donors (Lipinski definition) is 1. The molecule has 3 aliphatic rings. The minimum absolute atomic E-state index is 0.0901. The molecule has 1 aliphatic carbocycles. The summed E-state index contributed by atoms with van der Waals surface area (Å²) in [5.74, 6) is 0.802. The summed E-state index contributed by atoms with van der Waals surface area (Å²) in [5, 5.41) is 1.41. The summed E-state index contributed by atoms with van der Waals surface area (Å²) in [7, 11) is 3.81. The van der Waals surface area contributed by atoms with Crippen molar-refractivity contribution in [3.8, 4) is 0 Å². The molecule has 1 aromatic carbocycles. The standard InChI is InChI=1S/C21H26N4O2/c1-23-9-13(10-25-11-19(26)24(2)20(27)12-25)6-16-15-4-3-5-17-21(15)14(8-22-17)7-18(16)23/h3-5,8,13,16,18,22H,6-7,9-12H2,1-2H3/t13-,16+,18-/m1/s1. The molecule has 2 fully saturated rings. The van der Waals surface area contributed by atoms with E-state index in [1.165, 1.54) is 26.9 Å². The molecule has 0 unspecified atom stereocenters. The van der Waals surface area contributed by atoms with Crippen LogP contribution >= 0.6 is 0 Å². The zero-order chi connectivity index (χ0) is 18.7. The second-order valence-electron chi connectivity index (χ2n) is 8.52. The first kappa shape index (κ1) is 17.0. The number of aromatic nitrogens is 1. The van der Waals surface area contributed by atoms with Crippen LogP contribution in [0.2, 0.25) is 0 Å². The number of hydrogen-bond acceptors (Lipinski definition) is 4. The average Bonchev–Trinajstić information content (AvgIpc) is 3.05. The fraction of sp³-hybridized carbons (Fsp3) is 0.524. The third-order valence-electron chi connectivity index (χ3n) is 6.79. The van der Waals surface area contributed by atoms with Gasteiger partial charge < -0.3 is 9.88 Å². The van der Waals surface area contributed by atoms with E-state index in [2.05, 4.69) is 41.3 Å². The van der Waals surface area contributed by atoms with E-state index >= 15 is 0 Å². The lowest BCUT2D eigenvalue weighted by atomic mass is 9.72. The van der Waals surface area contributed by atoms with Gasteiger partial charge in [-0.1, -0.05) is 12.1 Å². The summed E-state index contributed by atoms with van der Waals surface area (Å²) < 4.78 is 0. The maximum Gasteiger partial charge on any atom is 0.243 e. The lowest BCUT2D eigenvalue weighted by molar-refractivity contribution is -0.149. The summed E-state index contributed by atoms with van der Waals surface area (Å²) in [5.41, 5.74) is 4.13. The van der Waals surface area contributed by atoms with Crippen molar-refractivity contribution < 1.29 is 9.59 Å². The Morgan fingerprint density at radius 3 is 2.70 bits per heavy atom. The number of H-pyrrole nitrogens is 1. The SMILES string of the molecule is CN1C(=O)CN(C[C@@H]2C[C@H]3c4cccc5[nH]cc(c45)C[C@H]3N(C)C2)CC1=O. The number of piperazine rings is 1. The number of imide groups is 1. The first-order valence-electron chi connectivity index (χ1n) is 9.82. The number of carbonyl (C=O) groups is 2. The van der Waals surface area contributed by atoms with Crippen LogP contribution in [-0.2, 0) is 16.0 Å². The van der Waals surface area contributed by atoms with Gasteiger partial charge in [0.15, 0.2) is 0 Å². The van der Waals surface area contributed by atoms with Crippen molar-refractivity contribution >= 4 is 22.7 Å². The van der Waals surface area contributed by atoms with Gasteiger partial charge in [-0.15, -0.1) is 0 Å². The summed E-state index contributed by atoms with van der Waals surface area (Å²) in [4.78, 5) is 33.3. The molecule has 0 saturated carbocycles. The van der Waals surface area contributed by atoms with E-state index in [1.54, 1.807) is 7.05 Å². The van der Waals surface area contributed by atoms with Gasteiger partial charge in [0, 0.05) is 49.2 Å². The molecule has 27 heavy (non-hydrogen) atoms. The van der Waals surface area contributed by atoms with Gasteiger partial charge in [-0.05, 0) is 43.0 Å². The van der Waals surface area contributed by atoms with E-state index in [4.69, 9.17) is 0 Å². The van der Waals surface area contributed by atoms with E-state index in [9.17, 15) is 9.59 Å². The van der Waals surface area contributed by atoms with Crippen LogP contribution in [0.5, 0.6) is 0 Å². The van der Waals surface area contributed by atoms with E-state index in [-0.39, 0.29) is 11.8 Å². The van der Waals surface area contributed by atoms with Crippen molar-refractivity contribution in [2.24, 2.45) is 5.92 Å². The van der Waals surface area contributed by atoms with Gasteiger partial charge in [0.25, 0.3) is 0 Å². The van der Waals surface area contributed by atoms with Gasteiger partial charge in [-0.3, -0.25) is 19.4 Å². The number of aromatic amines is 1. The maximum absolute atomic E-state index is 12.0. The molecule has 3 atom stereocenters. The Bertz CT molecular complexity index is 902. The number of nitrogens with one attached hydrogen (secondary N) is 1. The Balaban J connectivity index is 1.39. The van der Waals surface area contributed by atoms with Crippen molar-refractivity contribution in [2.75, 3.05) is 40.3 Å². The Morgan fingerprint density at radius 1 is 1.15 bits per heavy atom. The summed E-state index contributed by atoms with van der Waals surface area (Å²) in [6.45, 7) is 2.54. The number of likely N-dealkylation sites (N-methyl/N-ethyl adjacent to an activating group) is 2. The molecule has 142 valence electrons. The van der Waals surface area contributed by atoms with Crippen molar-refractivity contribution in [2.45, 2.75) is 24.8 Å². The van der Waals surface area contributed by atoms with Crippen molar-refractivity contribution in [3.63, 3.8) is 0 Å². The van der Waals surface area contributed by atoms with Crippen LogP contribution < -0.4 is 0 Å². The van der Waals surface area contributed by atoms with Crippen LogP contribution in [0.3, 0.4) is 0 Å². The maximum atomic E-state index is 12.0. The van der Waals surface area contributed by atoms with Gasteiger partial charge in [-0.25, -0.2) is 0 Å². The zero-order valence-electron chi connectivity index (χ0n) is 15.9. The van der Waals surface area contributed by atoms with Crippen molar-refractivity contribution in [1.29, 1.82) is 0 Å². The molecular formula is C21H26N4O2. The number of likely N-dealkylation sites (tertiary alicyclic amines) is 1. The molecule has 0 spiro atoms. The van der Waals surface area contributed by atoms with E-state index in [1.807, 2.05) is 4.90 Å². The fourth-order valence-electron chi connectivity index (χ4n) is 5.47. The highest BCUT2D eigenvalue weighted by atomic mass is 16.2. The minimum atomic E-state index is -0.0901. The van der Waals surface area contributed by atoms with Crippen LogP contribution in [0.1, 0.15) is 23.5 Å². The number of nitrogens with zero attached hydrogens (tertiary/aromatic N) is 3. The molecular weight excluding hydrogens is 340 g/mol. The molecule has 0 bridgehead atoms. The quantitative estimate of drug-likeness (QED) is 0.817. The normalized spacial score (nSPS) is 29.4. The Labute approximate surface area is 159 Å². The smallest absolute Gasteiger partial charge is 0.243 e. The molecule has 6 nitrogen and oxygen atoms in total.